The van der Waals surface area contributed by atoms with Gasteiger partial charge in [0.2, 0.25) is 0 Å². The van der Waals surface area contributed by atoms with Crippen LogP contribution >= 0.6 is 0 Å². The van der Waals surface area contributed by atoms with Crippen LogP contribution in [0, 0.1) is 6.92 Å². The maximum atomic E-state index is 13.9. The highest BCUT2D eigenvalue weighted by atomic mass is 19.1. The standard InChI is InChI=1S/C16H21FN6O2/c1-10-5-13(25-22-10)9-23-8-11(17)6-12(23)7-19-15-4-3-14(20-21-15)16(24)18-2/h3-5,11-12H,6-9H2,1-2H3,(H,18,24)(H,19,21)/t11-,12-/m0/s1. The molecule has 0 aromatic carbocycles. The molecule has 0 radical (unpaired) electrons. The van der Waals surface area contributed by atoms with Gasteiger partial charge in [-0.2, -0.15) is 0 Å². The molecule has 3 rings (SSSR count). The van der Waals surface area contributed by atoms with Crippen LogP contribution in [0.2, 0.25) is 0 Å². The van der Waals surface area contributed by atoms with E-state index in [0.717, 1.165) is 11.5 Å². The lowest BCUT2D eigenvalue weighted by atomic mass is 10.2. The average molecular weight is 348 g/mol. The molecule has 1 aliphatic rings. The molecule has 25 heavy (non-hydrogen) atoms. The number of alkyl halides is 1. The first-order chi connectivity index (χ1) is 12.0. The SMILES string of the molecule is CNC(=O)c1ccc(NC[C@@H]2C[C@H](F)CN2Cc2cc(C)no2)nn1. The molecule has 0 bridgehead atoms. The largest absolute Gasteiger partial charge is 0.367 e. The van der Waals surface area contributed by atoms with Crippen molar-refractivity contribution in [2.45, 2.75) is 32.1 Å². The number of hydrogen-bond acceptors (Lipinski definition) is 7. The third-order valence-electron chi connectivity index (χ3n) is 4.16. The fourth-order valence-corrected chi connectivity index (χ4v) is 2.92. The van der Waals surface area contributed by atoms with E-state index in [9.17, 15) is 9.18 Å². The molecule has 0 spiro atoms. The van der Waals surface area contributed by atoms with Gasteiger partial charge in [0.1, 0.15) is 12.0 Å². The normalized spacial score (nSPS) is 20.6. The van der Waals surface area contributed by atoms with Crippen molar-refractivity contribution in [3.05, 3.63) is 35.3 Å². The zero-order valence-corrected chi connectivity index (χ0v) is 14.2. The second kappa shape index (κ2) is 7.56. The summed E-state index contributed by atoms with van der Waals surface area (Å²) in [5.41, 5.74) is 1.06. The van der Waals surface area contributed by atoms with Gasteiger partial charge < -0.3 is 15.2 Å². The first-order valence-corrected chi connectivity index (χ1v) is 8.15. The van der Waals surface area contributed by atoms with Crippen LogP contribution in [0.1, 0.15) is 28.4 Å². The molecular weight excluding hydrogens is 327 g/mol. The van der Waals surface area contributed by atoms with E-state index in [4.69, 9.17) is 4.52 Å². The van der Waals surface area contributed by atoms with E-state index in [0.29, 0.717) is 31.9 Å². The number of nitrogens with zero attached hydrogens (tertiary/aromatic N) is 4. The Kier molecular flexibility index (Phi) is 5.22. The van der Waals surface area contributed by atoms with Gasteiger partial charge in [-0.25, -0.2) is 4.39 Å². The number of hydrogen-bond donors (Lipinski definition) is 2. The average Bonchev–Trinajstić information content (AvgIpc) is 3.18. The molecule has 1 amide bonds. The quantitative estimate of drug-likeness (QED) is 0.808. The molecule has 1 saturated heterocycles. The van der Waals surface area contributed by atoms with Gasteiger partial charge in [0.05, 0.1) is 12.2 Å². The fourth-order valence-electron chi connectivity index (χ4n) is 2.92. The molecular formula is C16H21FN6O2. The lowest BCUT2D eigenvalue weighted by molar-refractivity contribution is 0.0957. The highest BCUT2D eigenvalue weighted by Gasteiger charge is 2.32. The molecule has 1 aliphatic heterocycles. The van der Waals surface area contributed by atoms with E-state index in [2.05, 4.69) is 26.0 Å². The number of nitrogens with one attached hydrogen (secondary N) is 2. The van der Waals surface area contributed by atoms with Crippen LogP contribution in [0.5, 0.6) is 0 Å². The Hall–Kier alpha value is -2.55. The van der Waals surface area contributed by atoms with Gasteiger partial charge in [-0.3, -0.25) is 9.69 Å². The third-order valence-corrected chi connectivity index (χ3v) is 4.16. The number of carbonyl (C=O) groups is 1. The lowest BCUT2D eigenvalue weighted by Crippen LogP contribution is -2.34. The highest BCUT2D eigenvalue weighted by Crippen LogP contribution is 2.23. The molecule has 9 heteroatoms. The molecule has 2 aromatic heterocycles. The van der Waals surface area contributed by atoms with Crippen molar-refractivity contribution in [2.24, 2.45) is 0 Å². The Morgan fingerprint density at radius 1 is 1.44 bits per heavy atom. The fraction of sp³-hybridized carbons (Fsp3) is 0.500. The van der Waals surface area contributed by atoms with E-state index in [1.54, 1.807) is 12.1 Å². The van der Waals surface area contributed by atoms with Gasteiger partial charge in [-0.1, -0.05) is 5.16 Å². The molecule has 2 N–H and O–H groups in total. The summed E-state index contributed by atoms with van der Waals surface area (Å²) in [5, 5.41) is 17.3. The summed E-state index contributed by atoms with van der Waals surface area (Å²) in [7, 11) is 1.54. The Bertz CT molecular complexity index is 720. The molecule has 0 saturated carbocycles. The number of halogens is 1. The number of aromatic nitrogens is 3. The molecule has 2 atom stereocenters. The van der Waals surface area contributed by atoms with E-state index in [1.165, 1.54) is 7.05 Å². The molecule has 8 nitrogen and oxygen atoms in total. The molecule has 1 fully saturated rings. The lowest BCUT2D eigenvalue weighted by Gasteiger charge is -2.23. The summed E-state index contributed by atoms with van der Waals surface area (Å²) in [4.78, 5) is 13.5. The summed E-state index contributed by atoms with van der Waals surface area (Å²) in [6.45, 7) is 3.28. The smallest absolute Gasteiger partial charge is 0.271 e. The minimum absolute atomic E-state index is 0.0147. The summed E-state index contributed by atoms with van der Waals surface area (Å²) in [6.07, 6.45) is -0.415. The van der Waals surface area contributed by atoms with Gasteiger partial charge in [0, 0.05) is 32.2 Å². The monoisotopic (exact) mass is 348 g/mol. The number of rotatable bonds is 6. The van der Waals surface area contributed by atoms with Crippen LogP contribution in [0.15, 0.2) is 22.7 Å². The third kappa shape index (κ3) is 4.30. The number of amides is 1. The van der Waals surface area contributed by atoms with E-state index in [1.807, 2.05) is 17.9 Å². The van der Waals surface area contributed by atoms with Gasteiger partial charge >= 0.3 is 0 Å². The van der Waals surface area contributed by atoms with Gasteiger partial charge in [-0.15, -0.1) is 10.2 Å². The van der Waals surface area contributed by atoms with Crippen LogP contribution in [0.25, 0.3) is 0 Å². The maximum absolute atomic E-state index is 13.9. The van der Waals surface area contributed by atoms with Crippen molar-refractivity contribution in [2.75, 3.05) is 25.5 Å². The van der Waals surface area contributed by atoms with Crippen molar-refractivity contribution < 1.29 is 13.7 Å². The van der Waals surface area contributed by atoms with Gasteiger partial charge in [0.25, 0.3) is 5.91 Å². The minimum Gasteiger partial charge on any atom is -0.367 e. The molecule has 0 aliphatic carbocycles. The highest BCUT2D eigenvalue weighted by molar-refractivity contribution is 5.91. The van der Waals surface area contributed by atoms with Crippen molar-refractivity contribution >= 4 is 11.7 Å². The second-order valence-electron chi connectivity index (χ2n) is 6.11. The van der Waals surface area contributed by atoms with Crippen molar-refractivity contribution in [3.8, 4) is 0 Å². The Morgan fingerprint density at radius 2 is 2.28 bits per heavy atom. The van der Waals surface area contributed by atoms with Crippen LogP contribution in [-0.4, -0.2) is 58.5 Å². The second-order valence-corrected chi connectivity index (χ2v) is 6.11. The zero-order chi connectivity index (χ0) is 17.8. The summed E-state index contributed by atoms with van der Waals surface area (Å²) >= 11 is 0. The molecule has 0 unspecified atom stereocenters. The first-order valence-electron chi connectivity index (χ1n) is 8.15. The van der Waals surface area contributed by atoms with Crippen LogP contribution in [0.4, 0.5) is 10.2 Å². The van der Waals surface area contributed by atoms with Gasteiger partial charge in [0.15, 0.2) is 11.5 Å². The molecule has 3 heterocycles. The van der Waals surface area contributed by atoms with Crippen LogP contribution < -0.4 is 10.6 Å². The number of anilines is 1. The van der Waals surface area contributed by atoms with E-state index >= 15 is 0 Å². The number of carbonyl (C=O) groups excluding carboxylic acids is 1. The predicted molar refractivity (Wildman–Crippen MR) is 88.9 cm³/mol. The van der Waals surface area contributed by atoms with E-state index < -0.39 is 6.17 Å². The molecule has 2 aromatic rings. The van der Waals surface area contributed by atoms with Crippen molar-refractivity contribution in [3.63, 3.8) is 0 Å². The minimum atomic E-state index is -0.863. The zero-order valence-electron chi connectivity index (χ0n) is 14.2. The van der Waals surface area contributed by atoms with Gasteiger partial charge in [-0.05, 0) is 25.5 Å². The maximum Gasteiger partial charge on any atom is 0.271 e. The van der Waals surface area contributed by atoms with E-state index in [-0.39, 0.29) is 17.6 Å². The topological polar surface area (TPSA) is 96.2 Å². The summed E-state index contributed by atoms with van der Waals surface area (Å²) < 4.78 is 19.1. The molecule has 134 valence electrons. The van der Waals surface area contributed by atoms with Crippen LogP contribution in [-0.2, 0) is 6.54 Å². The predicted octanol–water partition coefficient (Wildman–Crippen LogP) is 1.16. The first kappa shape index (κ1) is 17.3. The number of aryl methyl sites for hydroxylation is 1. The summed E-state index contributed by atoms with van der Waals surface area (Å²) in [6, 6.07) is 5.15. The van der Waals surface area contributed by atoms with Crippen LogP contribution in [0.3, 0.4) is 0 Å². The Morgan fingerprint density at radius 3 is 2.92 bits per heavy atom. The Balaban J connectivity index is 1.57. The van der Waals surface area contributed by atoms with Crippen molar-refractivity contribution in [1.82, 2.24) is 25.6 Å². The number of likely N-dealkylation sites (tertiary alicyclic amines) is 1. The van der Waals surface area contributed by atoms with Crippen molar-refractivity contribution in [1.29, 1.82) is 0 Å². The Labute approximate surface area is 144 Å². The summed E-state index contributed by atoms with van der Waals surface area (Å²) in [5.74, 6) is 0.986.